The second-order valence-corrected chi connectivity index (χ2v) is 7.84. The van der Waals surface area contributed by atoms with Crippen LogP contribution in [-0.4, -0.2) is 31.0 Å². The molecule has 0 bridgehead atoms. The molecule has 1 N–H and O–H groups in total. The van der Waals surface area contributed by atoms with Crippen molar-refractivity contribution in [1.29, 1.82) is 0 Å². The minimum Gasteiger partial charge on any atom is -0.495 e. The van der Waals surface area contributed by atoms with Gasteiger partial charge in [0.2, 0.25) is 5.91 Å². The van der Waals surface area contributed by atoms with Crippen LogP contribution in [0.15, 0.2) is 46.9 Å². The zero-order valence-corrected chi connectivity index (χ0v) is 17.0. The van der Waals surface area contributed by atoms with E-state index in [0.717, 1.165) is 36.9 Å². The van der Waals surface area contributed by atoms with Crippen LogP contribution < -0.4 is 10.1 Å². The molecular formula is C20H22BrClN2O2. The van der Waals surface area contributed by atoms with Crippen LogP contribution in [0.5, 0.6) is 5.75 Å². The molecule has 1 aliphatic heterocycles. The largest absolute Gasteiger partial charge is 0.495 e. The van der Waals surface area contributed by atoms with Crippen LogP contribution in [0.25, 0.3) is 0 Å². The molecule has 3 rings (SSSR count). The maximum absolute atomic E-state index is 12.5. The number of hydrogen-bond acceptors (Lipinski definition) is 3. The fourth-order valence-corrected chi connectivity index (χ4v) is 3.94. The minimum atomic E-state index is 0.0367. The summed E-state index contributed by atoms with van der Waals surface area (Å²) in [5.74, 6) is 0.702. The molecule has 0 aromatic heterocycles. The molecule has 2 aromatic carbocycles. The first-order chi connectivity index (χ1) is 12.5. The highest BCUT2D eigenvalue weighted by atomic mass is 79.9. The molecule has 1 fully saturated rings. The van der Waals surface area contributed by atoms with Crippen LogP contribution in [0.4, 0.5) is 5.69 Å². The fraction of sp³-hybridized carbons (Fsp3) is 0.350. The molecule has 1 amide bonds. The van der Waals surface area contributed by atoms with Crippen LogP contribution >= 0.6 is 27.5 Å². The van der Waals surface area contributed by atoms with Gasteiger partial charge in [0, 0.05) is 22.6 Å². The average molecular weight is 438 g/mol. The Morgan fingerprint density at radius 2 is 2.04 bits per heavy atom. The lowest BCUT2D eigenvalue weighted by Gasteiger charge is -2.31. The van der Waals surface area contributed by atoms with Gasteiger partial charge < -0.3 is 10.1 Å². The van der Waals surface area contributed by atoms with Gasteiger partial charge in [-0.05, 0) is 61.8 Å². The Bertz CT molecular complexity index is 776. The van der Waals surface area contributed by atoms with Crippen molar-refractivity contribution in [3.63, 3.8) is 0 Å². The van der Waals surface area contributed by atoms with Crippen molar-refractivity contribution in [2.45, 2.75) is 19.4 Å². The van der Waals surface area contributed by atoms with Gasteiger partial charge in [0.15, 0.2) is 0 Å². The van der Waals surface area contributed by atoms with Gasteiger partial charge in [-0.25, -0.2) is 0 Å². The molecule has 1 saturated heterocycles. The number of rotatable bonds is 5. The molecule has 0 unspecified atom stereocenters. The van der Waals surface area contributed by atoms with E-state index in [-0.39, 0.29) is 11.8 Å². The quantitative estimate of drug-likeness (QED) is 0.718. The summed E-state index contributed by atoms with van der Waals surface area (Å²) in [6.45, 7) is 2.77. The maximum atomic E-state index is 12.5. The van der Waals surface area contributed by atoms with Gasteiger partial charge in [-0.2, -0.15) is 0 Å². The van der Waals surface area contributed by atoms with E-state index in [4.69, 9.17) is 16.3 Å². The van der Waals surface area contributed by atoms with Crippen molar-refractivity contribution < 1.29 is 9.53 Å². The molecule has 0 atom stereocenters. The highest BCUT2D eigenvalue weighted by Gasteiger charge is 2.25. The first-order valence-corrected chi connectivity index (χ1v) is 9.83. The van der Waals surface area contributed by atoms with Gasteiger partial charge in [0.05, 0.1) is 12.1 Å². The Balaban J connectivity index is 1.51. The first kappa shape index (κ1) is 19.2. The third-order valence-corrected chi connectivity index (χ3v) is 5.46. The number of carbonyl (C=O) groups is 1. The predicted octanol–water partition coefficient (Wildman–Crippen LogP) is 4.96. The number of nitrogens with zero attached hydrogens (tertiary/aromatic N) is 1. The molecular weight excluding hydrogens is 416 g/mol. The number of halogens is 2. The maximum Gasteiger partial charge on any atom is 0.227 e. The molecule has 6 heteroatoms. The smallest absolute Gasteiger partial charge is 0.227 e. The standard InChI is InChI=1S/C20H22BrClN2O2/c1-26-19-6-5-17(12-18(19)22)23-20(25)15-7-9-24(10-8-15)13-14-3-2-4-16(21)11-14/h2-6,11-12,15H,7-10,13H2,1H3,(H,23,25). The molecule has 1 heterocycles. The number of carbonyl (C=O) groups excluding carboxylic acids is 1. The number of amides is 1. The first-order valence-electron chi connectivity index (χ1n) is 8.66. The SMILES string of the molecule is COc1ccc(NC(=O)C2CCN(Cc3cccc(Br)c3)CC2)cc1Cl. The molecule has 2 aromatic rings. The van der Waals surface area contributed by atoms with Crippen LogP contribution in [0, 0.1) is 5.92 Å². The predicted molar refractivity (Wildman–Crippen MR) is 109 cm³/mol. The van der Waals surface area contributed by atoms with E-state index in [1.807, 2.05) is 12.1 Å². The van der Waals surface area contributed by atoms with Crippen LogP contribution in [0.3, 0.4) is 0 Å². The van der Waals surface area contributed by atoms with Gasteiger partial charge >= 0.3 is 0 Å². The monoisotopic (exact) mass is 436 g/mol. The molecule has 138 valence electrons. The minimum absolute atomic E-state index is 0.0367. The molecule has 0 spiro atoms. The highest BCUT2D eigenvalue weighted by Crippen LogP contribution is 2.28. The summed E-state index contributed by atoms with van der Waals surface area (Å²) in [4.78, 5) is 14.9. The molecule has 1 aliphatic rings. The normalized spacial score (nSPS) is 15.7. The summed E-state index contributed by atoms with van der Waals surface area (Å²) in [6, 6.07) is 13.7. The van der Waals surface area contributed by atoms with E-state index in [1.165, 1.54) is 5.56 Å². The number of methoxy groups -OCH3 is 1. The summed E-state index contributed by atoms with van der Waals surface area (Å²) < 4.78 is 6.24. The van der Waals surface area contributed by atoms with Crippen molar-refractivity contribution in [1.82, 2.24) is 4.90 Å². The lowest BCUT2D eigenvalue weighted by atomic mass is 9.95. The van der Waals surface area contributed by atoms with Crippen molar-refractivity contribution in [2.24, 2.45) is 5.92 Å². The molecule has 26 heavy (non-hydrogen) atoms. The molecule has 4 nitrogen and oxygen atoms in total. The molecule has 0 saturated carbocycles. The number of hydrogen-bond donors (Lipinski definition) is 1. The topological polar surface area (TPSA) is 41.6 Å². The number of likely N-dealkylation sites (tertiary alicyclic amines) is 1. The number of nitrogens with one attached hydrogen (secondary N) is 1. The summed E-state index contributed by atoms with van der Waals surface area (Å²) in [7, 11) is 1.57. The lowest BCUT2D eigenvalue weighted by Crippen LogP contribution is -2.37. The third-order valence-electron chi connectivity index (χ3n) is 4.67. The zero-order chi connectivity index (χ0) is 18.5. The van der Waals surface area contributed by atoms with Crippen molar-refractivity contribution in [3.8, 4) is 5.75 Å². The van der Waals surface area contributed by atoms with E-state index in [1.54, 1.807) is 19.2 Å². The van der Waals surface area contributed by atoms with Crippen LogP contribution in [0.1, 0.15) is 18.4 Å². The summed E-state index contributed by atoms with van der Waals surface area (Å²) in [5, 5.41) is 3.47. The van der Waals surface area contributed by atoms with Gasteiger partial charge in [0.1, 0.15) is 5.75 Å². The molecule has 0 radical (unpaired) electrons. The summed E-state index contributed by atoms with van der Waals surface area (Å²) in [6.07, 6.45) is 1.73. The number of benzene rings is 2. The zero-order valence-electron chi connectivity index (χ0n) is 14.7. The van der Waals surface area contributed by atoms with Gasteiger partial charge in [-0.3, -0.25) is 9.69 Å². The molecule has 0 aliphatic carbocycles. The van der Waals surface area contributed by atoms with Crippen molar-refractivity contribution in [3.05, 3.63) is 57.5 Å². The van der Waals surface area contributed by atoms with Crippen molar-refractivity contribution in [2.75, 3.05) is 25.5 Å². The lowest BCUT2D eigenvalue weighted by molar-refractivity contribution is -0.121. The van der Waals surface area contributed by atoms with Gasteiger partial charge in [0.25, 0.3) is 0 Å². The van der Waals surface area contributed by atoms with E-state index in [2.05, 4.69) is 44.3 Å². The van der Waals surface area contributed by atoms with E-state index in [9.17, 15) is 4.79 Å². The second-order valence-electron chi connectivity index (χ2n) is 6.52. The van der Waals surface area contributed by atoms with Gasteiger partial charge in [-0.1, -0.05) is 39.7 Å². The average Bonchev–Trinajstić information content (AvgIpc) is 2.62. The highest BCUT2D eigenvalue weighted by molar-refractivity contribution is 9.10. The Kier molecular flexibility index (Phi) is 6.57. The second kappa shape index (κ2) is 8.89. The van der Waals surface area contributed by atoms with Crippen molar-refractivity contribution >= 4 is 39.1 Å². The van der Waals surface area contributed by atoms with Crippen LogP contribution in [-0.2, 0) is 11.3 Å². The fourth-order valence-electron chi connectivity index (χ4n) is 3.24. The summed E-state index contributed by atoms with van der Waals surface area (Å²) >= 11 is 9.63. The number of anilines is 1. The number of piperidine rings is 1. The Morgan fingerprint density at radius 3 is 2.69 bits per heavy atom. The van der Waals surface area contributed by atoms with Gasteiger partial charge in [-0.15, -0.1) is 0 Å². The van der Waals surface area contributed by atoms with E-state index in [0.29, 0.717) is 16.5 Å². The van der Waals surface area contributed by atoms with Crippen LogP contribution in [0.2, 0.25) is 5.02 Å². The van der Waals surface area contributed by atoms with E-state index < -0.39 is 0 Å². The summed E-state index contributed by atoms with van der Waals surface area (Å²) in [5.41, 5.74) is 1.99. The Labute approximate surface area is 167 Å². The van der Waals surface area contributed by atoms with E-state index >= 15 is 0 Å². The number of ether oxygens (including phenoxy) is 1. The Morgan fingerprint density at radius 1 is 1.27 bits per heavy atom. The Hall–Kier alpha value is -1.56. The third kappa shape index (κ3) is 5.00.